The van der Waals surface area contributed by atoms with Crippen LogP contribution in [0.2, 0.25) is 0 Å². The van der Waals surface area contributed by atoms with E-state index >= 15 is 0 Å². The minimum absolute atomic E-state index is 0.696. The summed E-state index contributed by atoms with van der Waals surface area (Å²) in [5, 5.41) is 0. The average Bonchev–Trinajstić information content (AvgIpc) is 2.25. The number of aromatic nitrogens is 2. The zero-order chi connectivity index (χ0) is 12.0. The monoisotopic (exact) mass is 287 g/mol. The number of halogens is 1. The van der Waals surface area contributed by atoms with Crippen molar-refractivity contribution in [3.8, 4) is 0 Å². The molecule has 1 rings (SSSR count). The molecule has 0 aliphatic rings. The summed E-state index contributed by atoms with van der Waals surface area (Å²) in [4.78, 5) is 10.9. The number of methoxy groups -OCH3 is 1. The summed E-state index contributed by atoms with van der Waals surface area (Å²) in [5.41, 5.74) is 0. The van der Waals surface area contributed by atoms with Gasteiger partial charge in [0.05, 0.1) is 6.61 Å². The maximum absolute atomic E-state index is 5.05. The second-order valence-electron chi connectivity index (χ2n) is 3.63. The highest BCUT2D eigenvalue weighted by atomic mass is 79.9. The predicted octanol–water partition coefficient (Wildman–Crippen LogP) is 2.27. The van der Waals surface area contributed by atoms with E-state index in [0.717, 1.165) is 35.6 Å². The molecule has 0 saturated heterocycles. The number of likely N-dealkylation sites (N-methyl/N-ethyl adjacent to an activating group) is 1. The van der Waals surface area contributed by atoms with Crippen molar-refractivity contribution in [2.75, 3.05) is 32.2 Å². The first-order chi connectivity index (χ1) is 7.67. The average molecular weight is 288 g/mol. The lowest BCUT2D eigenvalue weighted by Gasteiger charge is -2.18. The quantitative estimate of drug-likeness (QED) is 0.753. The van der Waals surface area contributed by atoms with E-state index in [1.54, 1.807) is 7.11 Å². The van der Waals surface area contributed by atoms with Crippen LogP contribution in [0.25, 0.3) is 0 Å². The van der Waals surface area contributed by atoms with Crippen LogP contribution in [-0.4, -0.2) is 37.3 Å². The molecule has 0 spiro atoms. The van der Waals surface area contributed by atoms with E-state index in [4.69, 9.17) is 4.74 Å². The van der Waals surface area contributed by atoms with E-state index in [1.165, 1.54) is 0 Å². The molecule has 0 aliphatic carbocycles. The number of hydrogen-bond acceptors (Lipinski definition) is 4. The second kappa shape index (κ2) is 6.81. The van der Waals surface area contributed by atoms with Gasteiger partial charge in [-0.3, -0.25) is 0 Å². The summed E-state index contributed by atoms with van der Waals surface area (Å²) < 4.78 is 5.88. The number of rotatable bonds is 6. The largest absolute Gasteiger partial charge is 0.383 e. The summed E-state index contributed by atoms with van der Waals surface area (Å²) in [6.07, 6.45) is 1.96. The summed E-state index contributed by atoms with van der Waals surface area (Å²) >= 11 is 3.41. The minimum atomic E-state index is 0.696. The Hall–Kier alpha value is -0.680. The fourth-order valence-electron chi connectivity index (χ4n) is 1.33. The number of nitrogens with zero attached hydrogens (tertiary/aromatic N) is 3. The molecule has 0 atom stereocenters. The summed E-state index contributed by atoms with van der Waals surface area (Å²) in [6.45, 7) is 3.64. The van der Waals surface area contributed by atoms with Crippen LogP contribution in [0, 0.1) is 0 Å². The standard InChI is InChI=1S/C11H18BrN3O/c1-4-5-10-13-9(12)8-11(14-10)15(2)6-7-16-3/h8H,4-7H2,1-3H3. The molecule has 16 heavy (non-hydrogen) atoms. The summed E-state index contributed by atoms with van der Waals surface area (Å²) in [6, 6.07) is 1.93. The molecule has 0 aliphatic heterocycles. The Morgan fingerprint density at radius 3 is 2.81 bits per heavy atom. The number of hydrogen-bond donors (Lipinski definition) is 0. The first-order valence-electron chi connectivity index (χ1n) is 5.41. The molecular weight excluding hydrogens is 270 g/mol. The Balaban J connectivity index is 2.78. The van der Waals surface area contributed by atoms with Gasteiger partial charge in [0.2, 0.25) is 0 Å². The summed E-state index contributed by atoms with van der Waals surface area (Å²) in [7, 11) is 3.70. The number of ether oxygens (including phenoxy) is 1. The lowest BCUT2D eigenvalue weighted by atomic mass is 10.3. The Morgan fingerprint density at radius 1 is 1.44 bits per heavy atom. The van der Waals surface area contributed by atoms with Crippen molar-refractivity contribution in [1.82, 2.24) is 9.97 Å². The van der Waals surface area contributed by atoms with Crippen molar-refractivity contribution in [2.45, 2.75) is 19.8 Å². The Labute approximate surface area is 105 Å². The molecule has 0 amide bonds. The Bertz CT molecular complexity index is 333. The fourth-order valence-corrected chi connectivity index (χ4v) is 1.73. The van der Waals surface area contributed by atoms with E-state index in [1.807, 2.05) is 13.1 Å². The van der Waals surface area contributed by atoms with Crippen molar-refractivity contribution in [2.24, 2.45) is 0 Å². The van der Waals surface area contributed by atoms with Gasteiger partial charge >= 0.3 is 0 Å². The van der Waals surface area contributed by atoms with Gasteiger partial charge in [0.1, 0.15) is 16.2 Å². The molecule has 0 aromatic carbocycles. The Morgan fingerprint density at radius 2 is 2.19 bits per heavy atom. The van der Waals surface area contributed by atoms with Gasteiger partial charge in [0.25, 0.3) is 0 Å². The number of aryl methyl sites for hydroxylation is 1. The fraction of sp³-hybridized carbons (Fsp3) is 0.636. The van der Waals surface area contributed by atoms with Crippen LogP contribution in [0.1, 0.15) is 19.2 Å². The lowest BCUT2D eigenvalue weighted by Crippen LogP contribution is -2.23. The van der Waals surface area contributed by atoms with Crippen molar-refractivity contribution < 1.29 is 4.74 Å². The maximum Gasteiger partial charge on any atom is 0.133 e. The molecular formula is C11H18BrN3O. The van der Waals surface area contributed by atoms with E-state index in [0.29, 0.717) is 6.61 Å². The van der Waals surface area contributed by atoms with Crippen LogP contribution < -0.4 is 4.90 Å². The highest BCUT2D eigenvalue weighted by Gasteiger charge is 2.06. The highest BCUT2D eigenvalue weighted by molar-refractivity contribution is 9.10. The molecule has 90 valence electrons. The first-order valence-corrected chi connectivity index (χ1v) is 6.20. The normalized spacial score (nSPS) is 10.5. The Kier molecular flexibility index (Phi) is 5.69. The van der Waals surface area contributed by atoms with E-state index in [2.05, 4.69) is 37.7 Å². The molecule has 1 heterocycles. The molecule has 4 nitrogen and oxygen atoms in total. The van der Waals surface area contributed by atoms with Crippen LogP contribution in [0.5, 0.6) is 0 Å². The van der Waals surface area contributed by atoms with Crippen LogP contribution >= 0.6 is 15.9 Å². The van der Waals surface area contributed by atoms with Crippen LogP contribution in [0.15, 0.2) is 10.7 Å². The molecule has 0 unspecified atom stereocenters. The molecule has 5 heteroatoms. The molecule has 1 aromatic rings. The van der Waals surface area contributed by atoms with Gasteiger partial charge in [-0.1, -0.05) is 6.92 Å². The third kappa shape index (κ3) is 4.06. The topological polar surface area (TPSA) is 38.2 Å². The van der Waals surface area contributed by atoms with Gasteiger partial charge in [-0.15, -0.1) is 0 Å². The minimum Gasteiger partial charge on any atom is -0.383 e. The maximum atomic E-state index is 5.05. The van der Waals surface area contributed by atoms with E-state index in [-0.39, 0.29) is 0 Å². The van der Waals surface area contributed by atoms with Crippen molar-refractivity contribution >= 4 is 21.7 Å². The zero-order valence-corrected chi connectivity index (χ0v) is 11.6. The van der Waals surface area contributed by atoms with Gasteiger partial charge in [-0.05, 0) is 22.4 Å². The molecule has 0 saturated carbocycles. The molecule has 1 aromatic heterocycles. The van der Waals surface area contributed by atoms with E-state index in [9.17, 15) is 0 Å². The summed E-state index contributed by atoms with van der Waals surface area (Å²) in [5.74, 6) is 1.82. The van der Waals surface area contributed by atoms with Crippen LogP contribution in [0.3, 0.4) is 0 Å². The van der Waals surface area contributed by atoms with Gasteiger partial charge in [0.15, 0.2) is 0 Å². The molecule has 0 bridgehead atoms. The van der Waals surface area contributed by atoms with Gasteiger partial charge < -0.3 is 9.64 Å². The predicted molar refractivity (Wildman–Crippen MR) is 68.9 cm³/mol. The molecule has 0 N–H and O–H groups in total. The molecule has 0 fully saturated rings. The van der Waals surface area contributed by atoms with Crippen LogP contribution in [-0.2, 0) is 11.2 Å². The van der Waals surface area contributed by atoms with Crippen LogP contribution in [0.4, 0.5) is 5.82 Å². The SMILES string of the molecule is CCCc1nc(Br)cc(N(C)CCOC)n1. The van der Waals surface area contributed by atoms with Crippen molar-refractivity contribution in [3.63, 3.8) is 0 Å². The number of anilines is 1. The zero-order valence-electron chi connectivity index (χ0n) is 10.0. The van der Waals surface area contributed by atoms with Crippen molar-refractivity contribution in [3.05, 3.63) is 16.5 Å². The van der Waals surface area contributed by atoms with Crippen molar-refractivity contribution in [1.29, 1.82) is 0 Å². The van der Waals surface area contributed by atoms with Gasteiger partial charge in [-0.25, -0.2) is 9.97 Å². The smallest absolute Gasteiger partial charge is 0.133 e. The third-order valence-electron chi connectivity index (χ3n) is 2.22. The molecule has 0 radical (unpaired) electrons. The lowest BCUT2D eigenvalue weighted by molar-refractivity contribution is 0.206. The third-order valence-corrected chi connectivity index (χ3v) is 2.63. The highest BCUT2D eigenvalue weighted by Crippen LogP contribution is 2.16. The first kappa shape index (κ1) is 13.4. The van der Waals surface area contributed by atoms with E-state index < -0.39 is 0 Å². The second-order valence-corrected chi connectivity index (χ2v) is 4.44. The van der Waals surface area contributed by atoms with Gasteiger partial charge in [-0.2, -0.15) is 0 Å². The van der Waals surface area contributed by atoms with Gasteiger partial charge in [0, 0.05) is 33.2 Å².